The van der Waals surface area contributed by atoms with Gasteiger partial charge in [0.2, 0.25) is 0 Å². The van der Waals surface area contributed by atoms with Gasteiger partial charge in [0.15, 0.2) is 0 Å². The quantitative estimate of drug-likeness (QED) is 0.749. The van der Waals surface area contributed by atoms with Crippen molar-refractivity contribution in [3.8, 4) is 0 Å². The third-order valence-corrected chi connectivity index (χ3v) is 4.30. The predicted molar refractivity (Wildman–Crippen MR) is 99.8 cm³/mol. The highest BCUT2D eigenvalue weighted by molar-refractivity contribution is 5.93. The van der Waals surface area contributed by atoms with Crippen LogP contribution in [-0.2, 0) is 18.4 Å². The molecule has 0 atom stereocenters. The van der Waals surface area contributed by atoms with Crippen molar-refractivity contribution in [1.82, 2.24) is 30.7 Å². The molecule has 8 heteroatoms. The van der Waals surface area contributed by atoms with Crippen molar-refractivity contribution in [2.45, 2.75) is 46.1 Å². The summed E-state index contributed by atoms with van der Waals surface area (Å²) in [6, 6.07) is 4.76. The first-order valence-corrected chi connectivity index (χ1v) is 8.88. The van der Waals surface area contributed by atoms with Gasteiger partial charge < -0.3 is 4.90 Å². The monoisotopic (exact) mass is 368 g/mol. The molecule has 0 aromatic carbocycles. The van der Waals surface area contributed by atoms with Gasteiger partial charge in [0.25, 0.3) is 5.91 Å². The van der Waals surface area contributed by atoms with E-state index in [2.05, 4.69) is 46.6 Å². The second kappa shape index (κ2) is 7.30. The van der Waals surface area contributed by atoms with Gasteiger partial charge in [-0.1, -0.05) is 26.8 Å². The predicted octanol–water partition coefficient (Wildman–Crippen LogP) is 1.89. The number of fused-ring (bicyclic) bond motifs is 1. The highest BCUT2D eigenvalue weighted by Gasteiger charge is 2.25. The highest BCUT2D eigenvalue weighted by atomic mass is 16.2. The fourth-order valence-electron chi connectivity index (χ4n) is 2.77. The molecule has 27 heavy (non-hydrogen) atoms. The van der Waals surface area contributed by atoms with Crippen LogP contribution >= 0.6 is 0 Å². The van der Waals surface area contributed by atoms with Gasteiger partial charge in [0, 0.05) is 35.8 Å². The molecule has 0 saturated carbocycles. The SMILES string of the molecule is Cc1cccc(C(=O)NNC(=O)N2CCc3nc(C(C)(C)C)ncc3C2)n1. The number of rotatable bonds is 1. The maximum Gasteiger partial charge on any atom is 0.336 e. The number of aromatic nitrogens is 3. The van der Waals surface area contributed by atoms with Crippen molar-refractivity contribution in [1.29, 1.82) is 0 Å². The Bertz CT molecular complexity index is 875. The zero-order chi connectivity index (χ0) is 19.6. The molecule has 1 aliphatic rings. The minimum atomic E-state index is -0.456. The van der Waals surface area contributed by atoms with Crippen LogP contribution in [0.1, 0.15) is 54.0 Å². The number of nitrogens with zero attached hydrogens (tertiary/aromatic N) is 4. The largest absolute Gasteiger partial charge is 0.336 e. The Morgan fingerprint density at radius 1 is 1.15 bits per heavy atom. The van der Waals surface area contributed by atoms with Crippen LogP contribution in [-0.4, -0.2) is 38.3 Å². The van der Waals surface area contributed by atoms with Crippen LogP contribution in [0.2, 0.25) is 0 Å². The standard InChI is InChI=1S/C19H24N6O2/c1-12-6-5-7-15(21-12)16(26)23-24-18(27)25-9-8-14-13(11-25)10-20-17(22-14)19(2,3)4/h5-7,10H,8-9,11H2,1-4H3,(H,23,26)(H,24,27). The van der Waals surface area contributed by atoms with Gasteiger partial charge in [-0.3, -0.25) is 10.2 Å². The highest BCUT2D eigenvalue weighted by Crippen LogP contribution is 2.22. The van der Waals surface area contributed by atoms with Crippen LogP contribution in [0.5, 0.6) is 0 Å². The lowest BCUT2D eigenvalue weighted by molar-refractivity contribution is 0.0923. The Hall–Kier alpha value is -3.03. The summed E-state index contributed by atoms with van der Waals surface area (Å²) >= 11 is 0. The lowest BCUT2D eigenvalue weighted by Crippen LogP contribution is -2.50. The molecule has 1 aliphatic heterocycles. The molecule has 0 fully saturated rings. The topological polar surface area (TPSA) is 100 Å². The van der Waals surface area contributed by atoms with Gasteiger partial charge >= 0.3 is 6.03 Å². The molecule has 2 aromatic heterocycles. The lowest BCUT2D eigenvalue weighted by atomic mass is 9.95. The smallest absolute Gasteiger partial charge is 0.319 e. The molecule has 2 N–H and O–H groups in total. The minimum absolute atomic E-state index is 0.113. The third-order valence-electron chi connectivity index (χ3n) is 4.30. The van der Waals surface area contributed by atoms with Crippen molar-refractivity contribution < 1.29 is 9.59 Å². The zero-order valence-corrected chi connectivity index (χ0v) is 16.0. The second-order valence-corrected chi connectivity index (χ2v) is 7.64. The van der Waals surface area contributed by atoms with Crippen molar-refractivity contribution in [3.63, 3.8) is 0 Å². The molecule has 0 bridgehead atoms. The van der Waals surface area contributed by atoms with Crippen LogP contribution in [0.15, 0.2) is 24.4 Å². The summed E-state index contributed by atoms with van der Waals surface area (Å²) in [6.45, 7) is 8.95. The molecule has 0 unspecified atom stereocenters. The number of pyridine rings is 1. The summed E-state index contributed by atoms with van der Waals surface area (Å²) in [5.41, 5.74) is 7.62. The van der Waals surface area contributed by atoms with Crippen LogP contribution in [0.25, 0.3) is 0 Å². The van der Waals surface area contributed by atoms with E-state index in [0.717, 1.165) is 22.8 Å². The summed E-state index contributed by atoms with van der Waals surface area (Å²) in [6.07, 6.45) is 2.44. The Balaban J connectivity index is 1.60. The fraction of sp³-hybridized carbons (Fsp3) is 0.421. The van der Waals surface area contributed by atoms with Crippen molar-refractivity contribution >= 4 is 11.9 Å². The Kier molecular flexibility index (Phi) is 5.07. The summed E-state index contributed by atoms with van der Waals surface area (Å²) in [5.74, 6) is 0.347. The summed E-state index contributed by atoms with van der Waals surface area (Å²) in [7, 11) is 0. The molecular formula is C19H24N6O2. The number of aryl methyl sites for hydroxylation is 1. The van der Waals surface area contributed by atoms with Gasteiger partial charge in [0.05, 0.1) is 12.2 Å². The van der Waals surface area contributed by atoms with Crippen LogP contribution in [0, 0.1) is 6.92 Å². The minimum Gasteiger partial charge on any atom is -0.319 e. The summed E-state index contributed by atoms with van der Waals surface area (Å²) in [4.78, 5) is 39.3. The maximum absolute atomic E-state index is 12.4. The number of hydrogen-bond acceptors (Lipinski definition) is 5. The normalized spacial score (nSPS) is 13.7. The van der Waals surface area contributed by atoms with E-state index in [1.807, 2.05) is 0 Å². The van der Waals surface area contributed by atoms with Crippen LogP contribution in [0.3, 0.4) is 0 Å². The Morgan fingerprint density at radius 3 is 2.63 bits per heavy atom. The summed E-state index contributed by atoms with van der Waals surface area (Å²) < 4.78 is 0. The number of hydrazine groups is 1. The molecule has 0 saturated heterocycles. The van der Waals surface area contributed by atoms with Gasteiger partial charge in [0.1, 0.15) is 11.5 Å². The Labute approximate surface area is 158 Å². The van der Waals surface area contributed by atoms with E-state index >= 15 is 0 Å². The zero-order valence-electron chi connectivity index (χ0n) is 16.0. The number of carbonyl (C=O) groups excluding carboxylic acids is 2. The van der Waals surface area contributed by atoms with Crippen molar-refractivity contribution in [2.75, 3.05) is 6.54 Å². The van der Waals surface area contributed by atoms with Gasteiger partial charge in [-0.15, -0.1) is 0 Å². The fourth-order valence-corrected chi connectivity index (χ4v) is 2.77. The molecule has 0 aliphatic carbocycles. The maximum atomic E-state index is 12.4. The molecule has 3 amide bonds. The lowest BCUT2D eigenvalue weighted by Gasteiger charge is -2.29. The molecule has 142 valence electrons. The van der Waals surface area contributed by atoms with Crippen molar-refractivity contribution in [2.24, 2.45) is 0 Å². The summed E-state index contributed by atoms with van der Waals surface area (Å²) in [5, 5.41) is 0. The van der Waals surface area contributed by atoms with Gasteiger partial charge in [-0.05, 0) is 19.1 Å². The third kappa shape index (κ3) is 4.39. The van der Waals surface area contributed by atoms with Gasteiger partial charge in [-0.25, -0.2) is 25.2 Å². The van der Waals surface area contributed by atoms with E-state index in [1.165, 1.54) is 0 Å². The molecule has 2 aromatic rings. The average Bonchev–Trinajstić information content (AvgIpc) is 2.64. The van der Waals surface area contributed by atoms with Crippen LogP contribution in [0.4, 0.5) is 4.79 Å². The van der Waals surface area contributed by atoms with E-state index in [-0.39, 0.29) is 17.1 Å². The number of nitrogens with one attached hydrogen (secondary N) is 2. The molecule has 3 rings (SSSR count). The van der Waals surface area contributed by atoms with Gasteiger partial charge in [-0.2, -0.15) is 0 Å². The second-order valence-electron chi connectivity index (χ2n) is 7.64. The Morgan fingerprint density at radius 2 is 1.93 bits per heavy atom. The van der Waals surface area contributed by atoms with Crippen LogP contribution < -0.4 is 10.9 Å². The first-order valence-electron chi connectivity index (χ1n) is 8.88. The molecular weight excluding hydrogens is 344 g/mol. The first-order chi connectivity index (χ1) is 12.7. The van der Waals surface area contributed by atoms with E-state index in [1.54, 1.807) is 36.2 Å². The molecule has 3 heterocycles. The molecule has 0 spiro atoms. The average molecular weight is 368 g/mol. The van der Waals surface area contributed by atoms with Crippen molar-refractivity contribution in [3.05, 3.63) is 52.9 Å². The number of hydrogen-bond donors (Lipinski definition) is 2. The van der Waals surface area contributed by atoms with E-state index in [4.69, 9.17) is 0 Å². The van der Waals surface area contributed by atoms with E-state index < -0.39 is 5.91 Å². The van der Waals surface area contributed by atoms with E-state index in [9.17, 15) is 9.59 Å². The number of carbonyl (C=O) groups is 2. The molecule has 8 nitrogen and oxygen atoms in total. The first kappa shape index (κ1) is 18.8. The number of urea groups is 1. The number of amides is 3. The van der Waals surface area contributed by atoms with E-state index in [0.29, 0.717) is 19.5 Å². The molecule has 0 radical (unpaired) electrons.